The number of rotatable bonds is 4. The maximum Gasteiger partial charge on any atom is 0.408 e. The molecule has 0 spiro atoms. The van der Waals surface area contributed by atoms with E-state index in [0.29, 0.717) is 25.1 Å². The number of alkyl carbamates (subject to hydrolysis) is 1. The number of ether oxygens (including phenoxy) is 1. The van der Waals surface area contributed by atoms with Gasteiger partial charge in [-0.15, -0.1) is 0 Å². The van der Waals surface area contributed by atoms with Gasteiger partial charge in [0.05, 0.1) is 0 Å². The van der Waals surface area contributed by atoms with E-state index in [4.69, 9.17) is 4.74 Å². The van der Waals surface area contributed by atoms with Gasteiger partial charge in [-0.2, -0.15) is 0 Å². The molecule has 1 aromatic carbocycles. The molecule has 0 aromatic heterocycles. The summed E-state index contributed by atoms with van der Waals surface area (Å²) in [5, 5.41) is 2.67. The fourth-order valence-electron chi connectivity index (χ4n) is 3.24. The molecule has 2 atom stereocenters. The van der Waals surface area contributed by atoms with Crippen molar-refractivity contribution in [3.63, 3.8) is 0 Å². The third-order valence-electron chi connectivity index (χ3n) is 4.19. The largest absolute Gasteiger partial charge is 0.444 e. The second-order valence-electron chi connectivity index (χ2n) is 8.29. The summed E-state index contributed by atoms with van der Waals surface area (Å²) in [5.74, 6) is -0.322. The molecule has 1 aliphatic rings. The van der Waals surface area contributed by atoms with Crippen LogP contribution >= 0.6 is 0 Å². The van der Waals surface area contributed by atoms with Crippen LogP contribution in [0.4, 0.5) is 9.18 Å². The van der Waals surface area contributed by atoms with Gasteiger partial charge in [0, 0.05) is 19.0 Å². The minimum Gasteiger partial charge on any atom is -0.444 e. The highest BCUT2D eigenvalue weighted by Crippen LogP contribution is 2.30. The third kappa shape index (κ3) is 5.44. The quantitative estimate of drug-likeness (QED) is 0.886. The standard InChI is InChI=1S/C20H29FN2O3/c1-13(2)11-23-12-14(15-8-6-7-9-16(15)21)10-17(18(23)24)22-19(25)26-20(3,4)5/h6-9,13-14,17H,10-12H2,1-5H3,(H,22,25)/t14-,17+/m1/s1. The van der Waals surface area contributed by atoms with Gasteiger partial charge in [0.1, 0.15) is 17.5 Å². The Balaban J connectivity index is 2.21. The number of carbonyl (C=O) groups excluding carboxylic acids is 2. The normalized spacial score (nSPS) is 21.0. The van der Waals surface area contributed by atoms with Gasteiger partial charge >= 0.3 is 6.09 Å². The fraction of sp³-hybridized carbons (Fsp3) is 0.600. The molecule has 26 heavy (non-hydrogen) atoms. The summed E-state index contributed by atoms with van der Waals surface area (Å²) < 4.78 is 19.5. The van der Waals surface area contributed by atoms with E-state index in [1.165, 1.54) is 6.07 Å². The van der Waals surface area contributed by atoms with Gasteiger partial charge in [0.25, 0.3) is 0 Å². The van der Waals surface area contributed by atoms with E-state index in [1.54, 1.807) is 43.9 Å². The Morgan fingerprint density at radius 2 is 2.00 bits per heavy atom. The lowest BCUT2D eigenvalue weighted by atomic mass is 9.87. The van der Waals surface area contributed by atoms with Crippen LogP contribution < -0.4 is 5.32 Å². The van der Waals surface area contributed by atoms with Crippen LogP contribution in [0.3, 0.4) is 0 Å². The lowest BCUT2D eigenvalue weighted by Gasteiger charge is -2.38. The Labute approximate surface area is 154 Å². The highest BCUT2D eigenvalue weighted by molar-refractivity contribution is 5.86. The van der Waals surface area contributed by atoms with Crippen LogP contribution in [0, 0.1) is 11.7 Å². The number of nitrogens with zero attached hydrogens (tertiary/aromatic N) is 1. The molecule has 6 heteroatoms. The van der Waals surface area contributed by atoms with E-state index in [2.05, 4.69) is 5.32 Å². The Hall–Kier alpha value is -2.11. The van der Waals surface area contributed by atoms with Crippen molar-refractivity contribution in [1.82, 2.24) is 10.2 Å². The zero-order chi connectivity index (χ0) is 19.5. The lowest BCUT2D eigenvalue weighted by molar-refractivity contribution is -0.137. The Kier molecular flexibility index (Phi) is 6.26. The van der Waals surface area contributed by atoms with Crippen LogP contribution in [0.25, 0.3) is 0 Å². The molecule has 0 aliphatic carbocycles. The zero-order valence-electron chi connectivity index (χ0n) is 16.2. The van der Waals surface area contributed by atoms with Crippen molar-refractivity contribution < 1.29 is 18.7 Å². The molecule has 144 valence electrons. The van der Waals surface area contributed by atoms with Crippen LogP contribution in [-0.4, -0.2) is 41.6 Å². The molecule has 2 amide bonds. The molecule has 1 heterocycles. The summed E-state index contributed by atoms with van der Waals surface area (Å²) in [6.07, 6.45) is -0.275. The summed E-state index contributed by atoms with van der Waals surface area (Å²) in [7, 11) is 0. The topological polar surface area (TPSA) is 58.6 Å². The summed E-state index contributed by atoms with van der Waals surface area (Å²) >= 11 is 0. The summed E-state index contributed by atoms with van der Waals surface area (Å²) in [5.41, 5.74) is -0.0746. The number of nitrogens with one attached hydrogen (secondary N) is 1. The molecule has 0 unspecified atom stereocenters. The number of hydrogen-bond acceptors (Lipinski definition) is 3. The highest BCUT2D eigenvalue weighted by atomic mass is 19.1. The monoisotopic (exact) mass is 364 g/mol. The second-order valence-corrected chi connectivity index (χ2v) is 8.29. The number of carbonyl (C=O) groups is 2. The van der Waals surface area contributed by atoms with Crippen LogP contribution in [0.5, 0.6) is 0 Å². The highest BCUT2D eigenvalue weighted by Gasteiger charge is 2.37. The molecule has 1 aromatic rings. The van der Waals surface area contributed by atoms with Crippen molar-refractivity contribution in [3.05, 3.63) is 35.6 Å². The Morgan fingerprint density at radius 3 is 2.58 bits per heavy atom. The van der Waals surface area contributed by atoms with E-state index >= 15 is 0 Å². The van der Waals surface area contributed by atoms with Crippen molar-refractivity contribution in [2.24, 2.45) is 5.92 Å². The third-order valence-corrected chi connectivity index (χ3v) is 4.19. The van der Waals surface area contributed by atoms with Gasteiger partial charge < -0.3 is 15.0 Å². The summed E-state index contributed by atoms with van der Waals surface area (Å²) in [4.78, 5) is 26.6. The minimum absolute atomic E-state index is 0.142. The first-order valence-corrected chi connectivity index (χ1v) is 9.09. The summed E-state index contributed by atoms with van der Waals surface area (Å²) in [6.45, 7) is 10.4. The second kappa shape index (κ2) is 8.06. The number of likely N-dealkylation sites (tertiary alicyclic amines) is 1. The van der Waals surface area contributed by atoms with Crippen molar-refractivity contribution in [2.75, 3.05) is 13.1 Å². The van der Waals surface area contributed by atoms with Crippen molar-refractivity contribution in [1.29, 1.82) is 0 Å². The molecule has 1 fully saturated rings. The van der Waals surface area contributed by atoms with E-state index in [1.807, 2.05) is 13.8 Å². The first kappa shape index (κ1) is 20.2. The van der Waals surface area contributed by atoms with E-state index in [-0.39, 0.29) is 23.6 Å². The van der Waals surface area contributed by atoms with Gasteiger partial charge in [-0.25, -0.2) is 9.18 Å². The minimum atomic E-state index is -0.720. The van der Waals surface area contributed by atoms with Gasteiger partial charge in [-0.3, -0.25) is 4.79 Å². The molecule has 1 N–H and O–H groups in total. The number of halogens is 1. The molecular formula is C20H29FN2O3. The predicted molar refractivity (Wildman–Crippen MR) is 98.3 cm³/mol. The van der Waals surface area contributed by atoms with Crippen LogP contribution in [0.15, 0.2) is 24.3 Å². The molecule has 0 radical (unpaired) electrons. The zero-order valence-corrected chi connectivity index (χ0v) is 16.2. The van der Waals surface area contributed by atoms with Crippen LogP contribution in [0.1, 0.15) is 52.5 Å². The predicted octanol–water partition coefficient (Wildman–Crippen LogP) is 3.69. The van der Waals surface area contributed by atoms with Crippen LogP contribution in [0.2, 0.25) is 0 Å². The van der Waals surface area contributed by atoms with Crippen LogP contribution in [-0.2, 0) is 9.53 Å². The van der Waals surface area contributed by atoms with Crippen molar-refractivity contribution in [2.45, 2.75) is 58.6 Å². The SMILES string of the molecule is CC(C)CN1C[C@H](c2ccccc2F)C[C@H](NC(=O)OC(C)(C)C)C1=O. The van der Waals surface area contributed by atoms with E-state index in [9.17, 15) is 14.0 Å². The van der Waals surface area contributed by atoms with E-state index < -0.39 is 17.7 Å². The average molecular weight is 364 g/mol. The van der Waals surface area contributed by atoms with Gasteiger partial charge in [-0.1, -0.05) is 32.0 Å². The average Bonchev–Trinajstić information content (AvgIpc) is 2.49. The van der Waals surface area contributed by atoms with Gasteiger partial charge in [0.2, 0.25) is 5.91 Å². The Bertz CT molecular complexity index is 655. The fourth-order valence-corrected chi connectivity index (χ4v) is 3.24. The summed E-state index contributed by atoms with van der Waals surface area (Å²) in [6, 6.07) is 5.89. The molecule has 0 saturated carbocycles. The number of hydrogen-bond donors (Lipinski definition) is 1. The van der Waals surface area contributed by atoms with Crippen molar-refractivity contribution in [3.8, 4) is 0 Å². The molecule has 5 nitrogen and oxygen atoms in total. The number of piperidine rings is 1. The molecule has 1 saturated heterocycles. The number of amides is 2. The molecular weight excluding hydrogens is 335 g/mol. The first-order valence-electron chi connectivity index (χ1n) is 9.09. The number of benzene rings is 1. The Morgan fingerprint density at radius 1 is 1.35 bits per heavy atom. The lowest BCUT2D eigenvalue weighted by Crippen LogP contribution is -2.55. The van der Waals surface area contributed by atoms with Gasteiger partial charge in [-0.05, 0) is 44.7 Å². The molecule has 2 rings (SSSR count). The maximum atomic E-state index is 14.3. The first-order chi connectivity index (χ1) is 12.1. The molecule has 1 aliphatic heterocycles. The van der Waals surface area contributed by atoms with Crippen molar-refractivity contribution >= 4 is 12.0 Å². The smallest absolute Gasteiger partial charge is 0.408 e. The van der Waals surface area contributed by atoms with E-state index in [0.717, 1.165) is 0 Å². The van der Waals surface area contributed by atoms with Gasteiger partial charge in [0.15, 0.2) is 0 Å². The molecule has 0 bridgehead atoms. The maximum absolute atomic E-state index is 14.3.